The molecule has 3 aromatic heterocycles. The van der Waals surface area contributed by atoms with E-state index in [0.29, 0.717) is 13.1 Å². The standard InChI is InChI=1S/C18H18N6OS/c25-18(20-17-4-2-12-26-17)24-10-8-23(9-11-24)16-6-5-15(21-22-16)14-3-1-7-19-13-14/h1-7,12-13H,8-11H2,(H,20,25). The highest BCUT2D eigenvalue weighted by atomic mass is 32.1. The van der Waals surface area contributed by atoms with Gasteiger partial charge in [0.2, 0.25) is 0 Å². The molecule has 0 spiro atoms. The summed E-state index contributed by atoms with van der Waals surface area (Å²) < 4.78 is 0. The lowest BCUT2D eigenvalue weighted by Crippen LogP contribution is -2.50. The average molecular weight is 366 g/mol. The van der Waals surface area contributed by atoms with Gasteiger partial charge in [-0.1, -0.05) is 0 Å². The first-order chi connectivity index (χ1) is 12.8. The Hall–Kier alpha value is -3.00. The maximum Gasteiger partial charge on any atom is 0.322 e. The van der Waals surface area contributed by atoms with Crippen molar-refractivity contribution in [2.24, 2.45) is 0 Å². The van der Waals surface area contributed by atoms with Crippen LogP contribution in [-0.4, -0.2) is 52.3 Å². The highest BCUT2D eigenvalue weighted by Crippen LogP contribution is 2.19. The van der Waals surface area contributed by atoms with Crippen molar-refractivity contribution in [1.82, 2.24) is 20.1 Å². The van der Waals surface area contributed by atoms with E-state index in [1.54, 1.807) is 12.4 Å². The molecule has 1 saturated heterocycles. The number of hydrogen-bond acceptors (Lipinski definition) is 6. The smallest absolute Gasteiger partial charge is 0.322 e. The Labute approximate surface area is 155 Å². The summed E-state index contributed by atoms with van der Waals surface area (Å²) in [6.07, 6.45) is 3.51. The third kappa shape index (κ3) is 3.65. The van der Waals surface area contributed by atoms with Gasteiger partial charge in [0, 0.05) is 44.1 Å². The van der Waals surface area contributed by atoms with Crippen LogP contribution >= 0.6 is 11.3 Å². The first-order valence-corrected chi connectivity index (χ1v) is 9.26. The Balaban J connectivity index is 1.35. The van der Waals surface area contributed by atoms with E-state index in [1.165, 1.54) is 11.3 Å². The van der Waals surface area contributed by atoms with Crippen LogP contribution in [-0.2, 0) is 0 Å². The number of rotatable bonds is 3. The van der Waals surface area contributed by atoms with Crippen molar-refractivity contribution in [1.29, 1.82) is 0 Å². The van der Waals surface area contributed by atoms with Crippen LogP contribution in [0.1, 0.15) is 0 Å². The molecule has 2 amide bonds. The molecule has 3 aromatic rings. The predicted octanol–water partition coefficient (Wildman–Crippen LogP) is 2.95. The number of hydrogen-bond donors (Lipinski definition) is 1. The van der Waals surface area contributed by atoms with Gasteiger partial charge in [0.05, 0.1) is 10.7 Å². The molecule has 0 saturated carbocycles. The first-order valence-electron chi connectivity index (χ1n) is 8.38. The summed E-state index contributed by atoms with van der Waals surface area (Å²) >= 11 is 1.52. The summed E-state index contributed by atoms with van der Waals surface area (Å²) in [4.78, 5) is 20.4. The summed E-state index contributed by atoms with van der Waals surface area (Å²) in [5.41, 5.74) is 1.75. The minimum atomic E-state index is -0.0508. The average Bonchev–Trinajstić information content (AvgIpc) is 3.22. The number of piperazine rings is 1. The van der Waals surface area contributed by atoms with Crippen LogP contribution in [0.4, 0.5) is 15.6 Å². The van der Waals surface area contributed by atoms with E-state index >= 15 is 0 Å². The van der Waals surface area contributed by atoms with Gasteiger partial charge in [-0.2, -0.15) is 0 Å². The van der Waals surface area contributed by atoms with E-state index in [2.05, 4.69) is 25.4 Å². The molecule has 0 atom stereocenters. The maximum atomic E-state index is 12.3. The molecule has 0 unspecified atom stereocenters. The summed E-state index contributed by atoms with van der Waals surface area (Å²) in [5.74, 6) is 0.830. The highest BCUT2D eigenvalue weighted by molar-refractivity contribution is 7.14. The fraction of sp³-hybridized carbons (Fsp3) is 0.222. The molecule has 0 aromatic carbocycles. The van der Waals surface area contributed by atoms with Crippen molar-refractivity contribution in [2.45, 2.75) is 0 Å². The fourth-order valence-corrected chi connectivity index (χ4v) is 3.44. The number of urea groups is 1. The van der Waals surface area contributed by atoms with E-state index in [9.17, 15) is 4.79 Å². The van der Waals surface area contributed by atoms with Crippen LogP contribution in [0.2, 0.25) is 0 Å². The molecule has 0 radical (unpaired) electrons. The second kappa shape index (κ2) is 7.49. The van der Waals surface area contributed by atoms with Gasteiger partial charge in [-0.3, -0.25) is 10.3 Å². The van der Waals surface area contributed by atoms with E-state index in [0.717, 1.165) is 35.2 Å². The van der Waals surface area contributed by atoms with Gasteiger partial charge in [-0.15, -0.1) is 21.5 Å². The zero-order valence-corrected chi connectivity index (χ0v) is 14.9. The molecule has 7 nitrogen and oxygen atoms in total. The van der Waals surface area contributed by atoms with Crippen molar-refractivity contribution >= 4 is 28.2 Å². The molecule has 4 heterocycles. The summed E-state index contributed by atoms with van der Waals surface area (Å²) in [6, 6.07) is 11.5. The van der Waals surface area contributed by atoms with Crippen molar-refractivity contribution < 1.29 is 4.79 Å². The summed E-state index contributed by atoms with van der Waals surface area (Å²) in [6.45, 7) is 2.78. The van der Waals surface area contributed by atoms with Crippen molar-refractivity contribution in [3.05, 3.63) is 54.2 Å². The van der Waals surface area contributed by atoms with Crippen LogP contribution in [0.3, 0.4) is 0 Å². The lowest BCUT2D eigenvalue weighted by molar-refractivity contribution is 0.208. The van der Waals surface area contributed by atoms with Crippen LogP contribution in [0.25, 0.3) is 11.3 Å². The number of nitrogens with zero attached hydrogens (tertiary/aromatic N) is 5. The van der Waals surface area contributed by atoms with E-state index < -0.39 is 0 Å². The fourth-order valence-electron chi connectivity index (χ4n) is 2.83. The zero-order chi connectivity index (χ0) is 17.8. The molecule has 8 heteroatoms. The van der Waals surface area contributed by atoms with Crippen LogP contribution in [0.5, 0.6) is 0 Å². The second-order valence-electron chi connectivity index (χ2n) is 5.90. The molecule has 1 aliphatic rings. The monoisotopic (exact) mass is 366 g/mol. The van der Waals surface area contributed by atoms with E-state index in [1.807, 2.05) is 46.7 Å². The Kier molecular flexibility index (Phi) is 4.74. The van der Waals surface area contributed by atoms with Gasteiger partial charge < -0.3 is 9.80 Å². The molecule has 0 bridgehead atoms. The summed E-state index contributed by atoms with van der Waals surface area (Å²) in [7, 11) is 0. The van der Waals surface area contributed by atoms with Crippen LogP contribution < -0.4 is 10.2 Å². The van der Waals surface area contributed by atoms with Crippen molar-refractivity contribution in [2.75, 3.05) is 36.4 Å². The van der Waals surface area contributed by atoms with E-state index in [4.69, 9.17) is 0 Å². The molecule has 1 fully saturated rings. The maximum absolute atomic E-state index is 12.3. The Morgan fingerprint density at radius 3 is 2.58 bits per heavy atom. The predicted molar refractivity (Wildman–Crippen MR) is 102 cm³/mol. The number of pyridine rings is 1. The van der Waals surface area contributed by atoms with Gasteiger partial charge in [0.15, 0.2) is 5.82 Å². The quantitative estimate of drug-likeness (QED) is 0.771. The molecular weight excluding hydrogens is 348 g/mol. The van der Waals surface area contributed by atoms with Gasteiger partial charge in [0.1, 0.15) is 0 Å². The molecule has 132 valence electrons. The third-order valence-corrected chi connectivity index (χ3v) is 5.04. The zero-order valence-electron chi connectivity index (χ0n) is 14.1. The minimum Gasteiger partial charge on any atom is -0.352 e. The van der Waals surface area contributed by atoms with Gasteiger partial charge >= 0.3 is 6.03 Å². The SMILES string of the molecule is O=C(Nc1cccs1)N1CCN(c2ccc(-c3cccnc3)nn2)CC1. The Morgan fingerprint density at radius 1 is 1.04 bits per heavy atom. The Morgan fingerprint density at radius 2 is 1.92 bits per heavy atom. The molecule has 1 N–H and O–H groups in total. The lowest BCUT2D eigenvalue weighted by atomic mass is 10.2. The number of aromatic nitrogens is 3. The van der Waals surface area contributed by atoms with Gasteiger partial charge in [0.25, 0.3) is 0 Å². The second-order valence-corrected chi connectivity index (χ2v) is 6.85. The van der Waals surface area contributed by atoms with Gasteiger partial charge in [-0.25, -0.2) is 4.79 Å². The van der Waals surface area contributed by atoms with Crippen LogP contribution in [0, 0.1) is 0 Å². The molecular formula is C18H18N6OS. The number of amides is 2. The van der Waals surface area contributed by atoms with Gasteiger partial charge in [-0.05, 0) is 41.8 Å². The third-order valence-electron chi connectivity index (χ3n) is 4.25. The minimum absolute atomic E-state index is 0.0508. The summed E-state index contributed by atoms with van der Waals surface area (Å²) in [5, 5.41) is 14.4. The van der Waals surface area contributed by atoms with E-state index in [-0.39, 0.29) is 6.03 Å². The highest BCUT2D eigenvalue weighted by Gasteiger charge is 2.22. The number of carbonyl (C=O) groups is 1. The van der Waals surface area contributed by atoms with Crippen molar-refractivity contribution in [3.8, 4) is 11.3 Å². The first kappa shape index (κ1) is 16.5. The topological polar surface area (TPSA) is 74.2 Å². The lowest BCUT2D eigenvalue weighted by Gasteiger charge is -2.35. The van der Waals surface area contributed by atoms with Crippen molar-refractivity contribution in [3.63, 3.8) is 0 Å². The van der Waals surface area contributed by atoms with Crippen LogP contribution in [0.15, 0.2) is 54.2 Å². The largest absolute Gasteiger partial charge is 0.352 e. The molecule has 1 aliphatic heterocycles. The molecule has 4 rings (SSSR count). The molecule has 0 aliphatic carbocycles. The normalized spacial score (nSPS) is 14.3. The Bertz CT molecular complexity index is 845. The number of thiophene rings is 1. The number of carbonyl (C=O) groups excluding carboxylic acids is 1. The number of anilines is 2. The number of nitrogens with one attached hydrogen (secondary N) is 1. The molecule has 26 heavy (non-hydrogen) atoms.